The molecule has 250 valence electrons. The Hall–Kier alpha value is -5.06. The molecule has 6 rings (SSSR count). The van der Waals surface area contributed by atoms with Crippen LogP contribution in [0.4, 0.5) is 24.8 Å². The number of aromatic nitrogens is 4. The minimum atomic E-state index is -5.08. The van der Waals surface area contributed by atoms with E-state index in [1.807, 2.05) is 24.3 Å². The molecule has 1 aliphatic heterocycles. The van der Waals surface area contributed by atoms with Crippen molar-refractivity contribution in [3.05, 3.63) is 90.3 Å². The number of rotatable bonds is 8. The molecule has 0 saturated carbocycles. The summed E-state index contributed by atoms with van der Waals surface area (Å²) in [6.07, 6.45) is 1.84. The molecule has 0 unspecified atom stereocenters. The van der Waals surface area contributed by atoms with Crippen molar-refractivity contribution in [2.45, 2.75) is 30.0 Å². The molecular formula is C31H27ClF3N7O5S. The first-order valence-corrected chi connectivity index (χ1v) is 16.2. The second kappa shape index (κ2) is 14.8. The van der Waals surface area contributed by atoms with Crippen molar-refractivity contribution in [1.82, 2.24) is 25.3 Å². The number of benzene rings is 3. The Labute approximate surface area is 277 Å². The van der Waals surface area contributed by atoms with Crippen molar-refractivity contribution in [1.29, 1.82) is 0 Å². The number of sulfonamides is 1. The number of carboxylic acids is 1. The van der Waals surface area contributed by atoms with E-state index < -0.39 is 22.2 Å². The second-order valence-electron chi connectivity index (χ2n) is 10.3. The average Bonchev–Trinajstić information content (AvgIpc) is 3.06. The molecule has 2 aromatic heterocycles. The maximum Gasteiger partial charge on any atom is 0.490 e. The largest absolute Gasteiger partial charge is 0.490 e. The van der Waals surface area contributed by atoms with E-state index in [-0.39, 0.29) is 21.8 Å². The number of ether oxygens (including phenoxy) is 1. The van der Waals surface area contributed by atoms with Gasteiger partial charge in [0.2, 0.25) is 11.8 Å². The summed E-state index contributed by atoms with van der Waals surface area (Å²) in [5.41, 5.74) is 1.39. The Morgan fingerprint density at radius 2 is 1.67 bits per heavy atom. The number of hydrogen-bond acceptors (Lipinski definition) is 10. The van der Waals surface area contributed by atoms with Crippen LogP contribution in [-0.2, 0) is 14.8 Å². The predicted molar refractivity (Wildman–Crippen MR) is 173 cm³/mol. The fraction of sp³-hybridized carbons (Fsp3) is 0.194. The second-order valence-corrected chi connectivity index (χ2v) is 12.3. The zero-order valence-electron chi connectivity index (χ0n) is 24.8. The van der Waals surface area contributed by atoms with Crippen LogP contribution >= 0.6 is 11.6 Å². The first-order chi connectivity index (χ1) is 22.9. The Morgan fingerprint density at radius 1 is 0.958 bits per heavy atom. The summed E-state index contributed by atoms with van der Waals surface area (Å²) in [4.78, 5) is 26.9. The normalized spacial score (nSPS) is 14.8. The lowest BCUT2D eigenvalue weighted by molar-refractivity contribution is -0.192. The minimum absolute atomic E-state index is 0.00580. The average molecular weight is 702 g/mol. The maximum atomic E-state index is 13.1. The Bertz CT molecular complexity index is 2030. The van der Waals surface area contributed by atoms with Crippen LogP contribution in [0.25, 0.3) is 22.2 Å². The van der Waals surface area contributed by atoms with Crippen LogP contribution in [-0.4, -0.2) is 64.7 Å². The molecule has 5 aromatic rings. The highest BCUT2D eigenvalue weighted by molar-refractivity contribution is 7.92. The molecule has 0 amide bonds. The van der Waals surface area contributed by atoms with E-state index in [0.29, 0.717) is 39.5 Å². The van der Waals surface area contributed by atoms with Crippen molar-refractivity contribution in [3.63, 3.8) is 0 Å². The third-order valence-electron chi connectivity index (χ3n) is 6.90. The molecule has 3 heterocycles. The Kier molecular flexibility index (Phi) is 10.6. The number of nitrogens with one attached hydrogen (secondary N) is 3. The number of anilines is 2. The molecule has 0 aliphatic carbocycles. The molecule has 4 N–H and O–H groups in total. The lowest BCUT2D eigenvalue weighted by atomic mass is 10.1. The van der Waals surface area contributed by atoms with Gasteiger partial charge in [0.1, 0.15) is 10.6 Å². The van der Waals surface area contributed by atoms with Crippen molar-refractivity contribution in [2.75, 3.05) is 23.1 Å². The van der Waals surface area contributed by atoms with E-state index in [9.17, 15) is 21.6 Å². The molecule has 0 radical (unpaired) electrons. The van der Waals surface area contributed by atoms with Gasteiger partial charge in [0, 0.05) is 41.9 Å². The van der Waals surface area contributed by atoms with Gasteiger partial charge in [-0.15, -0.1) is 0 Å². The fourth-order valence-corrected chi connectivity index (χ4v) is 6.31. The van der Waals surface area contributed by atoms with Gasteiger partial charge in [-0.05, 0) is 49.7 Å². The number of carboxylic acid groups (broad SMARTS) is 1. The van der Waals surface area contributed by atoms with Crippen LogP contribution in [0.5, 0.6) is 11.6 Å². The summed E-state index contributed by atoms with van der Waals surface area (Å²) in [7, 11) is -3.93. The molecule has 0 spiro atoms. The van der Waals surface area contributed by atoms with Crippen molar-refractivity contribution < 1.29 is 36.2 Å². The maximum absolute atomic E-state index is 13.1. The number of carbonyl (C=O) groups is 1. The van der Waals surface area contributed by atoms with Gasteiger partial charge >= 0.3 is 12.1 Å². The number of nitrogens with zero attached hydrogens (tertiary/aromatic N) is 4. The Morgan fingerprint density at radius 3 is 2.38 bits per heavy atom. The van der Waals surface area contributed by atoms with E-state index in [4.69, 9.17) is 26.2 Å². The highest BCUT2D eigenvalue weighted by atomic mass is 35.5. The van der Waals surface area contributed by atoms with E-state index in [2.05, 4.69) is 35.3 Å². The molecule has 1 fully saturated rings. The first kappa shape index (κ1) is 34.3. The van der Waals surface area contributed by atoms with E-state index >= 15 is 0 Å². The van der Waals surface area contributed by atoms with Crippen molar-refractivity contribution in [2.24, 2.45) is 0 Å². The van der Waals surface area contributed by atoms with Gasteiger partial charge in [-0.1, -0.05) is 48.0 Å². The topological polar surface area (TPSA) is 168 Å². The molecular weight excluding hydrogens is 675 g/mol. The van der Waals surface area contributed by atoms with Gasteiger partial charge in [0.25, 0.3) is 10.0 Å². The molecule has 12 nitrogen and oxygen atoms in total. The first-order valence-electron chi connectivity index (χ1n) is 14.3. The monoisotopic (exact) mass is 701 g/mol. The van der Waals surface area contributed by atoms with Crippen LogP contribution in [0.1, 0.15) is 12.8 Å². The summed E-state index contributed by atoms with van der Waals surface area (Å²) >= 11 is 6.16. The summed E-state index contributed by atoms with van der Waals surface area (Å²) in [6.45, 7) is 1.87. The minimum Gasteiger partial charge on any atom is -0.475 e. The fourth-order valence-electron chi connectivity index (χ4n) is 4.71. The smallest absolute Gasteiger partial charge is 0.475 e. The Balaban J connectivity index is 0.000000582. The van der Waals surface area contributed by atoms with Crippen LogP contribution in [0.15, 0.2) is 90.2 Å². The number of piperidine rings is 1. The van der Waals surface area contributed by atoms with Gasteiger partial charge in [0.15, 0.2) is 5.69 Å². The summed E-state index contributed by atoms with van der Waals surface area (Å²) in [6, 6.07) is 19.0. The highest BCUT2D eigenvalue weighted by Crippen LogP contribution is 2.37. The zero-order chi connectivity index (χ0) is 34.3. The number of fused-ring (bicyclic) bond motifs is 1. The van der Waals surface area contributed by atoms with Gasteiger partial charge in [0.05, 0.1) is 16.4 Å². The molecule has 48 heavy (non-hydrogen) atoms. The van der Waals surface area contributed by atoms with E-state index in [0.717, 1.165) is 25.9 Å². The lowest BCUT2D eigenvalue weighted by Gasteiger charge is -2.23. The zero-order valence-corrected chi connectivity index (χ0v) is 26.4. The summed E-state index contributed by atoms with van der Waals surface area (Å²) in [5, 5.41) is 15.3. The summed E-state index contributed by atoms with van der Waals surface area (Å²) in [5.74, 6) is -1.52. The van der Waals surface area contributed by atoms with Crippen molar-refractivity contribution >= 4 is 50.0 Å². The molecule has 1 aliphatic rings. The van der Waals surface area contributed by atoms with Crippen LogP contribution in [0.2, 0.25) is 5.02 Å². The quantitative estimate of drug-likeness (QED) is 0.147. The van der Waals surface area contributed by atoms with E-state index in [1.165, 1.54) is 12.1 Å². The third-order valence-corrected chi connectivity index (χ3v) is 8.76. The lowest BCUT2D eigenvalue weighted by Crippen LogP contribution is -2.38. The number of alkyl halides is 3. The van der Waals surface area contributed by atoms with Gasteiger partial charge in [-0.25, -0.2) is 33.1 Å². The van der Waals surface area contributed by atoms with Crippen LogP contribution in [0.3, 0.4) is 0 Å². The predicted octanol–water partition coefficient (Wildman–Crippen LogP) is 6.13. The van der Waals surface area contributed by atoms with E-state index in [1.54, 1.807) is 48.9 Å². The van der Waals surface area contributed by atoms with Crippen LogP contribution < -0.4 is 20.1 Å². The highest BCUT2D eigenvalue weighted by Gasteiger charge is 2.38. The molecule has 1 saturated heterocycles. The molecule has 3 aromatic carbocycles. The van der Waals surface area contributed by atoms with Crippen LogP contribution in [0, 0.1) is 0 Å². The SMILES string of the molecule is O=C(O)C(F)(F)F.O=S(=O)(Nc1ccc(Oc2nccnc2-c2ccnc(N[C@H]3CCCNC3)n2)c2ccccc12)c1ccccc1Cl. The van der Waals surface area contributed by atoms with Crippen molar-refractivity contribution in [3.8, 4) is 23.0 Å². The van der Waals surface area contributed by atoms with Gasteiger partial charge in [-0.3, -0.25) is 4.72 Å². The number of hydrogen-bond donors (Lipinski definition) is 4. The van der Waals surface area contributed by atoms with Gasteiger partial charge < -0.3 is 20.5 Å². The van der Waals surface area contributed by atoms with Gasteiger partial charge in [-0.2, -0.15) is 13.2 Å². The molecule has 17 heteroatoms. The number of aliphatic carboxylic acids is 1. The summed E-state index contributed by atoms with van der Waals surface area (Å²) < 4.78 is 67.0. The molecule has 1 atom stereocenters. The molecule has 0 bridgehead atoms. The third kappa shape index (κ3) is 8.44. The standard InChI is InChI=1S/C29H26ClN7O3S.C2HF3O2/c30-22-9-3-4-10-26(22)41(38,39)37-23-11-12-25(21-8-2-1-7-20(21)23)40-28-27(32-16-17-33-28)24-13-15-34-29(36-24)35-19-6-5-14-31-18-19;3-2(4,5)1(6)7/h1-4,7-13,15-17,19,31,37H,5-6,14,18H2,(H,34,35,36);(H,6,7)/t19-;/m0./s1. The number of halogens is 4.